The van der Waals surface area contributed by atoms with Gasteiger partial charge in [0.2, 0.25) is 5.91 Å². The second-order valence-corrected chi connectivity index (χ2v) is 7.89. The minimum absolute atomic E-state index is 0.139. The summed E-state index contributed by atoms with van der Waals surface area (Å²) < 4.78 is 0. The Morgan fingerprint density at radius 2 is 1.93 bits per heavy atom. The largest absolute Gasteiger partial charge is 0.357 e. The van der Waals surface area contributed by atoms with E-state index in [4.69, 9.17) is 11.6 Å². The van der Waals surface area contributed by atoms with Crippen LogP contribution in [0.4, 0.5) is 0 Å². The first-order valence-corrected chi connectivity index (χ1v) is 9.98. The van der Waals surface area contributed by atoms with Crippen molar-refractivity contribution in [2.24, 2.45) is 0 Å². The van der Waals surface area contributed by atoms with Crippen LogP contribution in [0.25, 0.3) is 21.7 Å². The minimum Gasteiger partial charge on any atom is -0.357 e. The lowest BCUT2D eigenvalue weighted by Gasteiger charge is -2.34. The van der Waals surface area contributed by atoms with Crippen LogP contribution in [0.5, 0.6) is 0 Å². The van der Waals surface area contributed by atoms with Crippen LogP contribution >= 0.6 is 11.6 Å². The molecule has 4 aromatic rings. The number of H-pyrrole nitrogens is 1. The molecule has 1 aliphatic heterocycles. The van der Waals surface area contributed by atoms with Crippen LogP contribution in [0.1, 0.15) is 11.4 Å². The summed E-state index contributed by atoms with van der Waals surface area (Å²) in [6.07, 6.45) is 5.45. The SMILES string of the molecule is O=C1CN(Cc2cc3ccc(Cl)cc3cn2)CCN1Cc1cc2cnccc2[nH]1. The van der Waals surface area contributed by atoms with Crippen LogP contribution in [-0.2, 0) is 17.9 Å². The van der Waals surface area contributed by atoms with Crippen LogP contribution in [0.2, 0.25) is 5.02 Å². The van der Waals surface area contributed by atoms with Crippen molar-refractivity contribution in [2.75, 3.05) is 19.6 Å². The Morgan fingerprint density at radius 1 is 1.00 bits per heavy atom. The number of aromatic nitrogens is 3. The number of hydrogen-bond acceptors (Lipinski definition) is 4. The predicted octanol–water partition coefficient (Wildman–Crippen LogP) is 3.61. The lowest BCUT2D eigenvalue weighted by atomic mass is 10.1. The molecule has 1 saturated heterocycles. The van der Waals surface area contributed by atoms with Gasteiger partial charge in [0.15, 0.2) is 0 Å². The quantitative estimate of drug-likeness (QED) is 0.563. The third-order valence-corrected chi connectivity index (χ3v) is 5.60. The van der Waals surface area contributed by atoms with Gasteiger partial charge in [-0.3, -0.25) is 19.7 Å². The van der Waals surface area contributed by atoms with Gasteiger partial charge in [0, 0.05) is 65.2 Å². The summed E-state index contributed by atoms with van der Waals surface area (Å²) in [5.41, 5.74) is 3.04. The number of fused-ring (bicyclic) bond motifs is 2. The number of pyridine rings is 2. The van der Waals surface area contributed by atoms with Gasteiger partial charge in [-0.25, -0.2) is 0 Å². The average molecular weight is 406 g/mol. The standard InChI is InChI=1S/C22H20ClN5O/c23-18-2-1-15-8-19(25-11-16(15)7-18)12-27-5-6-28(22(29)14-27)13-20-9-17-10-24-4-3-21(17)26-20/h1-4,7-11,26H,5-6,12-14H2. The summed E-state index contributed by atoms with van der Waals surface area (Å²) >= 11 is 6.04. The van der Waals surface area contributed by atoms with Crippen LogP contribution < -0.4 is 0 Å². The van der Waals surface area contributed by atoms with E-state index in [2.05, 4.69) is 32.0 Å². The number of amides is 1. The van der Waals surface area contributed by atoms with E-state index in [0.29, 0.717) is 31.2 Å². The fraction of sp³-hybridized carbons (Fsp3) is 0.227. The fourth-order valence-electron chi connectivity index (χ4n) is 3.86. The van der Waals surface area contributed by atoms with Gasteiger partial charge < -0.3 is 9.88 Å². The number of hydrogen-bond donors (Lipinski definition) is 1. The monoisotopic (exact) mass is 405 g/mol. The van der Waals surface area contributed by atoms with Crippen LogP contribution in [0.3, 0.4) is 0 Å². The topological polar surface area (TPSA) is 65.1 Å². The summed E-state index contributed by atoms with van der Waals surface area (Å²) in [5.74, 6) is 0.139. The van der Waals surface area contributed by atoms with Crippen molar-refractivity contribution in [1.82, 2.24) is 24.8 Å². The summed E-state index contributed by atoms with van der Waals surface area (Å²) in [6, 6.07) is 11.9. The first kappa shape index (κ1) is 18.1. The molecule has 7 heteroatoms. The first-order valence-electron chi connectivity index (χ1n) is 9.60. The number of carbonyl (C=O) groups excluding carboxylic acids is 1. The molecule has 1 aromatic carbocycles. The number of halogens is 1. The van der Waals surface area contributed by atoms with Crippen molar-refractivity contribution in [3.05, 3.63) is 71.4 Å². The Hall–Kier alpha value is -2.96. The molecule has 0 radical (unpaired) electrons. The van der Waals surface area contributed by atoms with E-state index >= 15 is 0 Å². The van der Waals surface area contributed by atoms with E-state index in [1.54, 1.807) is 6.20 Å². The van der Waals surface area contributed by atoms with Crippen LogP contribution in [-0.4, -0.2) is 50.3 Å². The van der Waals surface area contributed by atoms with Crippen molar-refractivity contribution in [2.45, 2.75) is 13.1 Å². The zero-order valence-electron chi connectivity index (χ0n) is 15.8. The molecule has 0 aliphatic carbocycles. The summed E-state index contributed by atoms with van der Waals surface area (Å²) in [7, 11) is 0. The van der Waals surface area contributed by atoms with Crippen molar-refractivity contribution in [1.29, 1.82) is 0 Å². The van der Waals surface area contributed by atoms with Gasteiger partial charge in [-0.1, -0.05) is 17.7 Å². The molecule has 0 saturated carbocycles. The van der Waals surface area contributed by atoms with E-state index < -0.39 is 0 Å². The number of aromatic amines is 1. The van der Waals surface area contributed by atoms with Gasteiger partial charge in [0.25, 0.3) is 0 Å². The van der Waals surface area contributed by atoms with E-state index in [9.17, 15) is 4.79 Å². The lowest BCUT2D eigenvalue weighted by Crippen LogP contribution is -2.49. The van der Waals surface area contributed by atoms with Gasteiger partial charge >= 0.3 is 0 Å². The maximum atomic E-state index is 12.7. The number of benzene rings is 1. The molecule has 0 spiro atoms. The highest BCUT2D eigenvalue weighted by molar-refractivity contribution is 6.31. The zero-order chi connectivity index (χ0) is 19.8. The molecule has 1 amide bonds. The molecular weight excluding hydrogens is 386 g/mol. The van der Waals surface area contributed by atoms with Crippen molar-refractivity contribution in [3.63, 3.8) is 0 Å². The molecular formula is C22H20ClN5O. The molecule has 1 aliphatic rings. The van der Waals surface area contributed by atoms with Crippen LogP contribution in [0.15, 0.2) is 55.0 Å². The molecule has 4 heterocycles. The van der Waals surface area contributed by atoms with Crippen molar-refractivity contribution in [3.8, 4) is 0 Å². The Kier molecular flexibility index (Phi) is 4.66. The molecule has 3 aromatic heterocycles. The van der Waals surface area contributed by atoms with E-state index in [1.165, 1.54) is 0 Å². The maximum absolute atomic E-state index is 12.7. The Bertz CT molecular complexity index is 1170. The highest BCUT2D eigenvalue weighted by Gasteiger charge is 2.24. The second-order valence-electron chi connectivity index (χ2n) is 7.45. The number of piperazine rings is 1. The second kappa shape index (κ2) is 7.46. The molecule has 0 bridgehead atoms. The highest BCUT2D eigenvalue weighted by Crippen LogP contribution is 2.21. The molecule has 29 heavy (non-hydrogen) atoms. The molecule has 6 nitrogen and oxygen atoms in total. The molecule has 146 valence electrons. The average Bonchev–Trinajstić information content (AvgIpc) is 3.13. The normalized spacial score (nSPS) is 15.5. The van der Waals surface area contributed by atoms with Gasteiger partial charge in [-0.2, -0.15) is 0 Å². The third kappa shape index (κ3) is 3.81. The lowest BCUT2D eigenvalue weighted by molar-refractivity contribution is -0.137. The molecule has 1 fully saturated rings. The highest BCUT2D eigenvalue weighted by atomic mass is 35.5. The summed E-state index contributed by atoms with van der Waals surface area (Å²) in [4.78, 5) is 28.8. The number of nitrogens with one attached hydrogen (secondary N) is 1. The fourth-order valence-corrected chi connectivity index (χ4v) is 4.04. The smallest absolute Gasteiger partial charge is 0.237 e. The zero-order valence-corrected chi connectivity index (χ0v) is 16.6. The summed E-state index contributed by atoms with van der Waals surface area (Å²) in [6.45, 7) is 3.19. The Balaban J connectivity index is 1.24. The molecule has 0 unspecified atom stereocenters. The van der Waals surface area contributed by atoms with E-state index in [0.717, 1.165) is 39.6 Å². The summed E-state index contributed by atoms with van der Waals surface area (Å²) in [5, 5.41) is 3.91. The first-order chi connectivity index (χ1) is 14.1. The minimum atomic E-state index is 0.139. The predicted molar refractivity (Wildman–Crippen MR) is 114 cm³/mol. The molecule has 5 rings (SSSR count). The number of nitrogens with zero attached hydrogens (tertiary/aromatic N) is 4. The van der Waals surface area contributed by atoms with Gasteiger partial charge in [-0.05, 0) is 35.7 Å². The van der Waals surface area contributed by atoms with Crippen molar-refractivity contribution >= 4 is 39.2 Å². The van der Waals surface area contributed by atoms with Gasteiger partial charge in [0.05, 0.1) is 18.8 Å². The van der Waals surface area contributed by atoms with Gasteiger partial charge in [0.1, 0.15) is 0 Å². The maximum Gasteiger partial charge on any atom is 0.237 e. The molecule has 0 atom stereocenters. The number of carbonyl (C=O) groups is 1. The van der Waals surface area contributed by atoms with E-state index in [-0.39, 0.29) is 5.91 Å². The Morgan fingerprint density at radius 3 is 2.79 bits per heavy atom. The number of rotatable bonds is 4. The molecule has 1 N–H and O–H groups in total. The van der Waals surface area contributed by atoms with Crippen LogP contribution in [0, 0.1) is 0 Å². The van der Waals surface area contributed by atoms with Crippen molar-refractivity contribution < 1.29 is 4.79 Å². The third-order valence-electron chi connectivity index (χ3n) is 5.36. The van der Waals surface area contributed by atoms with E-state index in [1.807, 2.05) is 41.6 Å². The Labute approximate surface area is 173 Å². The van der Waals surface area contributed by atoms with Gasteiger partial charge in [-0.15, -0.1) is 0 Å².